The van der Waals surface area contributed by atoms with E-state index >= 15 is 0 Å². The minimum absolute atomic E-state index is 0. The first-order valence-corrected chi connectivity index (χ1v) is 8.09. The molecule has 0 bridgehead atoms. The molecule has 4 aromatic rings. The average molecular weight is 438 g/mol. The fourth-order valence-corrected chi connectivity index (χ4v) is 1.54. The topological polar surface area (TPSA) is 40.5 Å². The van der Waals surface area contributed by atoms with Gasteiger partial charge in [-0.25, -0.2) is 0 Å². The van der Waals surface area contributed by atoms with E-state index in [2.05, 4.69) is 12.1 Å². The number of hydrogen-bond donors (Lipinski definition) is 2. The molecule has 0 radical (unpaired) electrons. The number of phenolic OH excluding ortho intramolecular Hbond substituents is 2. The van der Waals surface area contributed by atoms with Gasteiger partial charge >= 0.3 is 21.7 Å². The summed E-state index contributed by atoms with van der Waals surface area (Å²) >= 11 is 0. The maximum atomic E-state index is 8.63. The Balaban J connectivity index is 0. The summed E-state index contributed by atoms with van der Waals surface area (Å²) in [5, 5.41) is 17.3. The number of hydrogen-bond acceptors (Lipinski definition) is 2. The van der Waals surface area contributed by atoms with Crippen molar-refractivity contribution in [3.63, 3.8) is 0 Å². The van der Waals surface area contributed by atoms with Gasteiger partial charge in [0.05, 0.1) is 0 Å². The molecule has 2 N–H and O–H groups in total. The Hall–Kier alpha value is -2.09. The van der Waals surface area contributed by atoms with Crippen molar-refractivity contribution in [2.45, 2.75) is 0 Å². The smallest absolute Gasteiger partial charge is 0.508 e. The molecule has 4 aromatic carbocycles. The molecule has 0 amide bonds. The van der Waals surface area contributed by atoms with Crippen molar-refractivity contribution in [1.82, 2.24) is 0 Å². The summed E-state index contributed by atoms with van der Waals surface area (Å²) < 4.78 is 0. The summed E-state index contributed by atoms with van der Waals surface area (Å²) in [4.78, 5) is 0. The van der Waals surface area contributed by atoms with Gasteiger partial charge in [0.2, 0.25) is 0 Å². The first-order valence-electron chi connectivity index (χ1n) is 8.09. The van der Waals surface area contributed by atoms with E-state index in [1.807, 2.05) is 72.8 Å². The number of benzene rings is 4. The monoisotopic (exact) mass is 438 g/mol. The Morgan fingerprint density at radius 2 is 0.679 bits per heavy atom. The summed E-state index contributed by atoms with van der Waals surface area (Å²) in [5.41, 5.74) is 0. The Morgan fingerprint density at radius 3 is 0.786 bits per heavy atom. The van der Waals surface area contributed by atoms with Crippen LogP contribution >= 0.6 is 0 Å². The molecule has 28 heavy (non-hydrogen) atoms. The van der Waals surface area contributed by atoms with Crippen LogP contribution in [0.4, 0.5) is 0 Å². The summed E-state index contributed by atoms with van der Waals surface area (Å²) in [6.07, 6.45) is 0. The Morgan fingerprint density at radius 1 is 0.429 bits per heavy atom. The summed E-state index contributed by atoms with van der Waals surface area (Å²) in [6.45, 7) is 0. The van der Waals surface area contributed by atoms with Gasteiger partial charge in [-0.1, -0.05) is 36.4 Å². The average Bonchev–Trinajstić information content (AvgIpc) is 2.73. The zero-order valence-electron chi connectivity index (χ0n) is 15.4. The Bertz CT molecular complexity index is 631. The van der Waals surface area contributed by atoms with Crippen LogP contribution in [0.1, 0.15) is 0 Å². The normalized spacial score (nSPS) is 7.71. The van der Waals surface area contributed by atoms with Crippen LogP contribution in [0, 0.1) is 12.1 Å². The number of para-hydroxylation sites is 2. The van der Waals surface area contributed by atoms with E-state index in [4.69, 9.17) is 10.2 Å². The second-order valence-electron chi connectivity index (χ2n) is 4.83. The van der Waals surface area contributed by atoms with Crippen LogP contribution in [-0.2, 0) is 43.4 Å². The van der Waals surface area contributed by atoms with E-state index in [0.29, 0.717) is 11.5 Å². The molecule has 2 nitrogen and oxygen atoms in total. The van der Waals surface area contributed by atoms with E-state index < -0.39 is 0 Å². The molecule has 0 heterocycles. The van der Waals surface area contributed by atoms with Gasteiger partial charge < -0.3 is 10.2 Å². The molecule has 0 aliphatic carbocycles. The van der Waals surface area contributed by atoms with Gasteiger partial charge in [0, 0.05) is 21.7 Å². The van der Waals surface area contributed by atoms with Crippen LogP contribution < -0.4 is 0 Å². The molecule has 138 valence electrons. The van der Waals surface area contributed by atoms with Gasteiger partial charge in [-0.3, -0.25) is 0 Å². The molecule has 0 aliphatic heterocycles. The number of aromatic hydroxyl groups is 2. The third kappa shape index (κ3) is 18.7. The van der Waals surface area contributed by atoms with Crippen molar-refractivity contribution < 1.29 is 53.6 Å². The third-order valence-corrected chi connectivity index (χ3v) is 2.73. The maximum absolute atomic E-state index is 8.63. The summed E-state index contributed by atoms with van der Waals surface area (Å²) in [7, 11) is 0. The van der Waals surface area contributed by atoms with Gasteiger partial charge in [-0.15, -0.1) is 0 Å². The zero-order valence-corrected chi connectivity index (χ0v) is 18.6. The van der Waals surface area contributed by atoms with Crippen LogP contribution in [0.2, 0.25) is 0 Å². The molecule has 4 rings (SSSR count). The van der Waals surface area contributed by atoms with Crippen LogP contribution in [0.5, 0.6) is 11.5 Å². The molecule has 0 aliphatic rings. The predicted octanol–water partition coefficient (Wildman–Crippen LogP) is 5.75. The van der Waals surface area contributed by atoms with E-state index in [0.717, 1.165) is 0 Å². The minimum Gasteiger partial charge on any atom is -0.508 e. The maximum Gasteiger partial charge on any atom is 2.00 e. The fraction of sp³-hybridized carbons (Fsp3) is 0. The number of rotatable bonds is 0. The number of phenols is 2. The van der Waals surface area contributed by atoms with Crippen LogP contribution in [0.25, 0.3) is 0 Å². The first-order chi connectivity index (χ1) is 12.8. The van der Waals surface area contributed by atoms with Crippen LogP contribution in [-0.4, -0.2) is 10.2 Å². The van der Waals surface area contributed by atoms with Crippen LogP contribution in [0.3, 0.4) is 0 Å². The fourth-order valence-electron chi connectivity index (χ4n) is 1.54. The summed E-state index contributed by atoms with van der Waals surface area (Å²) in [5.74, 6) is 0.644. The van der Waals surface area contributed by atoms with Gasteiger partial charge in [0.25, 0.3) is 0 Å². The standard InChI is InChI=1S/2C6H6O.2C6H5.2Ti/c2*7-6-4-2-1-3-5-6;2*1-2-4-6-5-3-1;;/h2*1-5,7H;2*1-5H;;/q;;2*-1;;+2. The van der Waals surface area contributed by atoms with Gasteiger partial charge in [0.15, 0.2) is 0 Å². The van der Waals surface area contributed by atoms with Gasteiger partial charge in [-0.2, -0.15) is 72.8 Å². The van der Waals surface area contributed by atoms with Crippen LogP contribution in [0.15, 0.2) is 121 Å². The quantitative estimate of drug-likeness (QED) is 0.271. The van der Waals surface area contributed by atoms with Crippen molar-refractivity contribution in [1.29, 1.82) is 0 Å². The van der Waals surface area contributed by atoms with Gasteiger partial charge in [0.1, 0.15) is 11.5 Å². The molecule has 0 saturated carbocycles. The molecular formula is C24H22O2Ti2. The Kier molecular flexibility index (Phi) is 21.3. The van der Waals surface area contributed by atoms with Gasteiger partial charge in [-0.05, 0) is 24.3 Å². The Labute approximate surface area is 197 Å². The largest absolute Gasteiger partial charge is 2.00 e. The molecule has 0 unspecified atom stereocenters. The summed E-state index contributed by atoms with van der Waals surface area (Å²) in [6, 6.07) is 42.4. The third-order valence-electron chi connectivity index (χ3n) is 2.73. The molecule has 0 saturated heterocycles. The molecule has 0 aromatic heterocycles. The van der Waals surface area contributed by atoms with E-state index in [9.17, 15) is 0 Å². The molecule has 0 atom stereocenters. The molecule has 0 fully saturated rings. The van der Waals surface area contributed by atoms with Crippen molar-refractivity contribution in [2.24, 2.45) is 0 Å². The predicted molar refractivity (Wildman–Crippen MR) is 107 cm³/mol. The second-order valence-corrected chi connectivity index (χ2v) is 4.83. The molecule has 0 spiro atoms. The second kappa shape index (κ2) is 21.2. The molecule has 4 heteroatoms. The SMILES string of the molecule is Oc1ccccc1.Oc1ccccc1.[Ti+2].[Ti].[c-]1ccccc1.[c-]1ccccc1. The zero-order chi connectivity index (χ0) is 18.7. The van der Waals surface area contributed by atoms with E-state index in [-0.39, 0.29) is 43.4 Å². The van der Waals surface area contributed by atoms with Crippen molar-refractivity contribution in [3.8, 4) is 11.5 Å². The van der Waals surface area contributed by atoms with Crippen molar-refractivity contribution >= 4 is 0 Å². The van der Waals surface area contributed by atoms with Crippen molar-refractivity contribution in [2.75, 3.05) is 0 Å². The first kappa shape index (κ1) is 28.1. The minimum atomic E-state index is 0. The van der Waals surface area contributed by atoms with Crippen molar-refractivity contribution in [3.05, 3.63) is 133 Å². The molecular weight excluding hydrogens is 416 g/mol. The van der Waals surface area contributed by atoms with E-state index in [1.165, 1.54) is 0 Å². The van der Waals surface area contributed by atoms with E-state index in [1.54, 1.807) is 48.5 Å².